The number of carbonyl (C=O) groups is 1. The van der Waals surface area contributed by atoms with Crippen molar-refractivity contribution in [3.8, 4) is 5.75 Å². The van der Waals surface area contributed by atoms with Crippen molar-refractivity contribution in [3.63, 3.8) is 0 Å². The Morgan fingerprint density at radius 2 is 2.27 bits per heavy atom. The predicted molar refractivity (Wildman–Crippen MR) is 52.5 cm³/mol. The lowest BCUT2D eigenvalue weighted by molar-refractivity contribution is -0.385. The van der Waals surface area contributed by atoms with Crippen LogP contribution in [0.15, 0.2) is 18.2 Å². The molecule has 0 radical (unpaired) electrons. The van der Waals surface area contributed by atoms with Crippen molar-refractivity contribution in [2.75, 3.05) is 6.61 Å². The monoisotopic (exact) mass is 210 g/mol. The fourth-order valence-electron chi connectivity index (χ4n) is 1.04. The molecule has 0 spiro atoms. The summed E-state index contributed by atoms with van der Waals surface area (Å²) < 4.78 is 4.92. The van der Waals surface area contributed by atoms with Gasteiger partial charge < -0.3 is 10.5 Å². The molecule has 0 fully saturated rings. The molecule has 0 aliphatic heterocycles. The van der Waals surface area contributed by atoms with Crippen LogP contribution in [0.1, 0.15) is 5.56 Å². The van der Waals surface area contributed by atoms with Crippen LogP contribution < -0.4 is 10.5 Å². The Morgan fingerprint density at radius 3 is 2.80 bits per heavy atom. The minimum absolute atomic E-state index is 0.0544. The number of nitro benzene ring substituents is 1. The van der Waals surface area contributed by atoms with Crippen LogP contribution in [0.3, 0.4) is 0 Å². The van der Waals surface area contributed by atoms with E-state index in [2.05, 4.69) is 0 Å². The highest BCUT2D eigenvalue weighted by atomic mass is 16.6. The van der Waals surface area contributed by atoms with Crippen LogP contribution >= 0.6 is 0 Å². The molecule has 1 aromatic rings. The molecule has 6 heteroatoms. The van der Waals surface area contributed by atoms with Crippen LogP contribution in [-0.2, 0) is 4.79 Å². The van der Waals surface area contributed by atoms with E-state index in [1.807, 2.05) is 0 Å². The third-order valence-electron chi connectivity index (χ3n) is 1.68. The summed E-state index contributed by atoms with van der Waals surface area (Å²) in [5.41, 5.74) is 5.50. The fourth-order valence-corrected chi connectivity index (χ4v) is 1.04. The van der Waals surface area contributed by atoms with E-state index >= 15 is 0 Å². The van der Waals surface area contributed by atoms with E-state index in [9.17, 15) is 14.9 Å². The van der Waals surface area contributed by atoms with Gasteiger partial charge in [0, 0.05) is 6.07 Å². The average molecular weight is 210 g/mol. The van der Waals surface area contributed by atoms with Crippen LogP contribution in [0.4, 0.5) is 5.69 Å². The molecule has 1 amide bonds. The largest absolute Gasteiger partial charge is 0.477 e. The van der Waals surface area contributed by atoms with Gasteiger partial charge in [0.1, 0.15) is 0 Å². The smallest absolute Gasteiger partial charge is 0.310 e. The zero-order chi connectivity index (χ0) is 11.4. The SMILES string of the molecule is Cc1ccc([N+](=O)[O-])c(OCC(N)=O)c1. The molecule has 0 aliphatic carbocycles. The van der Waals surface area contributed by atoms with Gasteiger partial charge in [-0.3, -0.25) is 14.9 Å². The molecular weight excluding hydrogens is 200 g/mol. The van der Waals surface area contributed by atoms with Crippen molar-refractivity contribution in [2.24, 2.45) is 5.73 Å². The Hall–Kier alpha value is -2.11. The number of hydrogen-bond acceptors (Lipinski definition) is 4. The molecule has 0 heterocycles. The summed E-state index contributed by atoms with van der Waals surface area (Å²) in [6.07, 6.45) is 0. The molecule has 1 rings (SSSR count). The molecule has 2 N–H and O–H groups in total. The van der Waals surface area contributed by atoms with E-state index in [0.29, 0.717) is 0 Å². The van der Waals surface area contributed by atoms with Crippen LogP contribution in [0.25, 0.3) is 0 Å². The molecular formula is C9H10N2O4. The molecule has 15 heavy (non-hydrogen) atoms. The zero-order valence-electron chi connectivity index (χ0n) is 8.10. The third-order valence-corrected chi connectivity index (χ3v) is 1.68. The predicted octanol–water partition coefficient (Wildman–Crippen LogP) is 0.767. The van der Waals surface area contributed by atoms with Crippen molar-refractivity contribution in [3.05, 3.63) is 33.9 Å². The molecule has 0 bridgehead atoms. The number of ether oxygens (including phenoxy) is 1. The number of primary amides is 1. The van der Waals surface area contributed by atoms with Gasteiger partial charge >= 0.3 is 5.69 Å². The second-order valence-corrected chi connectivity index (χ2v) is 2.98. The minimum Gasteiger partial charge on any atom is -0.477 e. The summed E-state index contributed by atoms with van der Waals surface area (Å²) in [5.74, 6) is -0.621. The lowest BCUT2D eigenvalue weighted by Crippen LogP contribution is -2.20. The molecule has 0 saturated heterocycles. The molecule has 6 nitrogen and oxygen atoms in total. The van der Waals surface area contributed by atoms with Crippen LogP contribution in [0, 0.1) is 17.0 Å². The minimum atomic E-state index is -0.675. The first-order valence-corrected chi connectivity index (χ1v) is 4.17. The summed E-state index contributed by atoms with van der Waals surface area (Å²) in [6, 6.07) is 4.40. The average Bonchev–Trinajstić information content (AvgIpc) is 2.14. The van der Waals surface area contributed by atoms with Gasteiger partial charge in [-0.25, -0.2) is 0 Å². The second kappa shape index (κ2) is 4.41. The summed E-state index contributed by atoms with van der Waals surface area (Å²) in [6.45, 7) is 1.39. The van der Waals surface area contributed by atoms with E-state index in [1.54, 1.807) is 13.0 Å². The molecule has 0 saturated carbocycles. The Kier molecular flexibility index (Phi) is 3.22. The van der Waals surface area contributed by atoms with Crippen molar-refractivity contribution in [1.29, 1.82) is 0 Å². The van der Waals surface area contributed by atoms with Crippen LogP contribution in [-0.4, -0.2) is 17.4 Å². The molecule has 80 valence electrons. The van der Waals surface area contributed by atoms with Gasteiger partial charge in [-0.1, -0.05) is 6.07 Å². The maximum absolute atomic E-state index is 10.6. The quantitative estimate of drug-likeness (QED) is 0.586. The molecule has 1 aromatic carbocycles. The van der Waals surface area contributed by atoms with Crippen molar-refractivity contribution in [1.82, 2.24) is 0 Å². The number of nitrogens with zero attached hydrogens (tertiary/aromatic N) is 1. The lowest BCUT2D eigenvalue weighted by atomic mass is 10.2. The zero-order valence-corrected chi connectivity index (χ0v) is 8.10. The van der Waals surface area contributed by atoms with E-state index in [4.69, 9.17) is 10.5 Å². The van der Waals surface area contributed by atoms with E-state index < -0.39 is 10.8 Å². The van der Waals surface area contributed by atoms with Gasteiger partial charge in [-0.15, -0.1) is 0 Å². The number of amides is 1. The first-order chi connectivity index (χ1) is 7.00. The number of nitrogens with two attached hydrogens (primary N) is 1. The van der Waals surface area contributed by atoms with Crippen molar-refractivity contribution in [2.45, 2.75) is 6.92 Å². The van der Waals surface area contributed by atoms with Crippen molar-refractivity contribution >= 4 is 11.6 Å². The highest BCUT2D eigenvalue weighted by Gasteiger charge is 2.15. The lowest BCUT2D eigenvalue weighted by Gasteiger charge is -2.04. The Bertz CT molecular complexity index is 403. The number of nitro groups is 1. The first kappa shape index (κ1) is 11.0. The summed E-state index contributed by atoms with van der Waals surface area (Å²) in [7, 11) is 0. The Labute approximate surface area is 85.8 Å². The summed E-state index contributed by atoms with van der Waals surface area (Å²) in [5, 5.41) is 10.6. The maximum atomic E-state index is 10.6. The van der Waals surface area contributed by atoms with E-state index in [0.717, 1.165) is 5.56 Å². The van der Waals surface area contributed by atoms with Gasteiger partial charge in [0.25, 0.3) is 5.91 Å². The molecule has 0 unspecified atom stereocenters. The van der Waals surface area contributed by atoms with E-state index in [-0.39, 0.29) is 18.0 Å². The molecule has 0 aliphatic rings. The number of aryl methyl sites for hydroxylation is 1. The fraction of sp³-hybridized carbons (Fsp3) is 0.222. The van der Waals surface area contributed by atoms with Gasteiger partial charge in [0.15, 0.2) is 12.4 Å². The summed E-state index contributed by atoms with van der Waals surface area (Å²) in [4.78, 5) is 20.5. The second-order valence-electron chi connectivity index (χ2n) is 2.98. The standard InChI is InChI=1S/C9H10N2O4/c1-6-2-3-7(11(13)14)8(4-6)15-5-9(10)12/h2-4H,5H2,1H3,(H2,10,12). The van der Waals surface area contributed by atoms with E-state index in [1.165, 1.54) is 12.1 Å². The van der Waals surface area contributed by atoms with Gasteiger partial charge in [-0.2, -0.15) is 0 Å². The van der Waals surface area contributed by atoms with Crippen molar-refractivity contribution < 1.29 is 14.5 Å². The van der Waals surface area contributed by atoms with Gasteiger partial charge in [0.05, 0.1) is 4.92 Å². The number of rotatable bonds is 4. The normalized spacial score (nSPS) is 9.67. The Balaban J connectivity index is 2.96. The third kappa shape index (κ3) is 2.94. The molecule has 0 aromatic heterocycles. The number of hydrogen-bond donors (Lipinski definition) is 1. The van der Waals surface area contributed by atoms with Gasteiger partial charge in [-0.05, 0) is 18.6 Å². The van der Waals surface area contributed by atoms with Gasteiger partial charge in [0.2, 0.25) is 0 Å². The highest BCUT2D eigenvalue weighted by Crippen LogP contribution is 2.27. The Morgan fingerprint density at radius 1 is 1.60 bits per heavy atom. The number of carbonyl (C=O) groups excluding carboxylic acids is 1. The maximum Gasteiger partial charge on any atom is 0.310 e. The summed E-state index contributed by atoms with van der Waals surface area (Å²) >= 11 is 0. The topological polar surface area (TPSA) is 95.5 Å². The highest BCUT2D eigenvalue weighted by molar-refractivity contribution is 5.75. The molecule has 0 atom stereocenters. The van der Waals surface area contributed by atoms with Crippen LogP contribution in [0.2, 0.25) is 0 Å². The number of benzene rings is 1. The first-order valence-electron chi connectivity index (χ1n) is 4.17. The van der Waals surface area contributed by atoms with Crippen LogP contribution in [0.5, 0.6) is 5.75 Å².